The van der Waals surface area contributed by atoms with Gasteiger partial charge in [0.1, 0.15) is 0 Å². The minimum absolute atomic E-state index is 0.0660. The lowest BCUT2D eigenvalue weighted by Crippen LogP contribution is -2.30. The molecular formula is C6H11NO3. The summed E-state index contributed by atoms with van der Waals surface area (Å²) in [6.45, 7) is -0.308. The van der Waals surface area contributed by atoms with Crippen LogP contribution in [0.1, 0.15) is 6.42 Å². The number of amides is 1. The topological polar surface area (TPSA) is 83.6 Å². The maximum atomic E-state index is 10.6. The molecule has 10 heavy (non-hydrogen) atoms. The van der Waals surface area contributed by atoms with E-state index in [2.05, 4.69) is 0 Å². The van der Waals surface area contributed by atoms with Gasteiger partial charge in [-0.3, -0.25) is 4.79 Å². The second-order valence-electron chi connectivity index (χ2n) is 2.76. The summed E-state index contributed by atoms with van der Waals surface area (Å²) in [5.74, 6) is -0.621. The van der Waals surface area contributed by atoms with E-state index in [1.165, 1.54) is 0 Å². The summed E-state index contributed by atoms with van der Waals surface area (Å²) < 4.78 is 0. The molecular weight excluding hydrogens is 134 g/mol. The molecule has 0 heterocycles. The monoisotopic (exact) mass is 145 g/mol. The zero-order valence-electron chi connectivity index (χ0n) is 5.58. The fourth-order valence-electron chi connectivity index (χ4n) is 1.19. The van der Waals surface area contributed by atoms with Gasteiger partial charge >= 0.3 is 0 Å². The third kappa shape index (κ3) is 0.803. The van der Waals surface area contributed by atoms with E-state index in [9.17, 15) is 4.79 Å². The standard InChI is InChI=1S/C6H11NO3/c7-5(10)6(3-9)1-4(6)2-8/h4,8-9H,1-3H2,(H2,7,10)/t4-,6-/m0/s1. The van der Waals surface area contributed by atoms with Crippen LogP contribution in [0, 0.1) is 11.3 Å². The number of hydrogen-bond acceptors (Lipinski definition) is 3. The maximum absolute atomic E-state index is 10.6. The van der Waals surface area contributed by atoms with Crippen LogP contribution in [-0.4, -0.2) is 29.3 Å². The zero-order chi connectivity index (χ0) is 7.78. The van der Waals surface area contributed by atoms with Gasteiger partial charge in [0.05, 0.1) is 12.0 Å². The second-order valence-corrected chi connectivity index (χ2v) is 2.76. The highest BCUT2D eigenvalue weighted by molar-refractivity contribution is 5.84. The Morgan fingerprint density at radius 2 is 2.30 bits per heavy atom. The Balaban J connectivity index is 2.59. The van der Waals surface area contributed by atoms with E-state index in [-0.39, 0.29) is 19.1 Å². The van der Waals surface area contributed by atoms with Crippen molar-refractivity contribution in [3.63, 3.8) is 0 Å². The molecule has 1 rings (SSSR count). The molecule has 4 heteroatoms. The first-order chi connectivity index (χ1) is 4.67. The molecule has 1 aliphatic rings. The zero-order valence-corrected chi connectivity index (χ0v) is 5.58. The van der Waals surface area contributed by atoms with Gasteiger partial charge in [0, 0.05) is 6.61 Å². The fraction of sp³-hybridized carbons (Fsp3) is 0.833. The molecule has 1 saturated carbocycles. The number of rotatable bonds is 3. The Morgan fingerprint density at radius 3 is 2.40 bits per heavy atom. The molecule has 1 amide bonds. The Morgan fingerprint density at radius 1 is 1.70 bits per heavy atom. The van der Waals surface area contributed by atoms with Crippen LogP contribution in [-0.2, 0) is 4.79 Å². The number of aliphatic hydroxyl groups is 2. The SMILES string of the molecule is NC(=O)[C@]1(CO)C[C@H]1CO. The van der Waals surface area contributed by atoms with Crippen molar-refractivity contribution in [1.29, 1.82) is 0 Å². The van der Waals surface area contributed by atoms with Crippen molar-refractivity contribution < 1.29 is 15.0 Å². The van der Waals surface area contributed by atoms with E-state index in [1.54, 1.807) is 0 Å². The average molecular weight is 145 g/mol. The first kappa shape index (κ1) is 7.50. The van der Waals surface area contributed by atoms with E-state index in [0.29, 0.717) is 6.42 Å². The molecule has 1 aliphatic carbocycles. The van der Waals surface area contributed by atoms with Gasteiger partial charge in [0.25, 0.3) is 0 Å². The number of carbonyl (C=O) groups excluding carboxylic acids is 1. The van der Waals surface area contributed by atoms with Crippen LogP contribution in [0.3, 0.4) is 0 Å². The lowest BCUT2D eigenvalue weighted by molar-refractivity contribution is -0.125. The first-order valence-electron chi connectivity index (χ1n) is 3.19. The summed E-state index contributed by atoms with van der Waals surface area (Å²) in [5, 5.41) is 17.3. The molecule has 0 saturated heterocycles. The molecule has 0 bridgehead atoms. The predicted molar refractivity (Wildman–Crippen MR) is 33.9 cm³/mol. The quantitative estimate of drug-likeness (QED) is 0.450. The molecule has 4 nitrogen and oxygen atoms in total. The van der Waals surface area contributed by atoms with Gasteiger partial charge in [0.15, 0.2) is 0 Å². The van der Waals surface area contributed by atoms with E-state index in [1.807, 2.05) is 0 Å². The Labute approximate surface area is 58.6 Å². The van der Waals surface area contributed by atoms with Crippen LogP contribution >= 0.6 is 0 Å². The molecule has 2 atom stereocenters. The van der Waals surface area contributed by atoms with Gasteiger partial charge in [-0.1, -0.05) is 0 Å². The van der Waals surface area contributed by atoms with Gasteiger partial charge in [0.2, 0.25) is 5.91 Å². The van der Waals surface area contributed by atoms with E-state index in [0.717, 1.165) is 0 Å². The highest BCUT2D eigenvalue weighted by atomic mass is 16.3. The average Bonchev–Trinajstić information content (AvgIpc) is 2.62. The van der Waals surface area contributed by atoms with Crippen molar-refractivity contribution in [2.75, 3.05) is 13.2 Å². The van der Waals surface area contributed by atoms with Crippen LogP contribution in [0.15, 0.2) is 0 Å². The Hall–Kier alpha value is -0.610. The summed E-state index contributed by atoms with van der Waals surface area (Å²) in [6.07, 6.45) is 0.523. The largest absolute Gasteiger partial charge is 0.396 e. The van der Waals surface area contributed by atoms with E-state index in [4.69, 9.17) is 15.9 Å². The van der Waals surface area contributed by atoms with Crippen LogP contribution in [0.25, 0.3) is 0 Å². The highest BCUT2D eigenvalue weighted by Gasteiger charge is 2.58. The summed E-state index contributed by atoms with van der Waals surface area (Å²) >= 11 is 0. The molecule has 0 aromatic carbocycles. The molecule has 0 radical (unpaired) electrons. The Bertz CT molecular complexity index is 159. The summed E-state index contributed by atoms with van der Waals surface area (Å²) in [4.78, 5) is 10.6. The predicted octanol–water partition coefficient (Wildman–Crippen LogP) is -1.54. The van der Waals surface area contributed by atoms with Crippen molar-refractivity contribution in [2.45, 2.75) is 6.42 Å². The second kappa shape index (κ2) is 2.21. The maximum Gasteiger partial charge on any atom is 0.226 e. The van der Waals surface area contributed by atoms with Crippen LogP contribution in [0.4, 0.5) is 0 Å². The van der Waals surface area contributed by atoms with Gasteiger partial charge in [-0.15, -0.1) is 0 Å². The van der Waals surface area contributed by atoms with Crippen molar-refractivity contribution in [2.24, 2.45) is 17.1 Å². The summed E-state index contributed by atoms with van der Waals surface area (Å²) in [5.41, 5.74) is 4.20. The molecule has 0 spiro atoms. The molecule has 0 aromatic heterocycles. The first-order valence-corrected chi connectivity index (χ1v) is 3.19. The van der Waals surface area contributed by atoms with E-state index >= 15 is 0 Å². The van der Waals surface area contributed by atoms with Crippen molar-refractivity contribution in [3.8, 4) is 0 Å². The van der Waals surface area contributed by atoms with Crippen molar-refractivity contribution in [3.05, 3.63) is 0 Å². The minimum Gasteiger partial charge on any atom is -0.396 e. The van der Waals surface area contributed by atoms with Gasteiger partial charge in [-0.2, -0.15) is 0 Å². The lowest BCUT2D eigenvalue weighted by atomic mass is 10.1. The van der Waals surface area contributed by atoms with Crippen LogP contribution in [0.2, 0.25) is 0 Å². The number of aliphatic hydroxyl groups excluding tert-OH is 2. The molecule has 58 valence electrons. The number of hydrogen-bond donors (Lipinski definition) is 3. The molecule has 1 fully saturated rings. The van der Waals surface area contributed by atoms with Crippen LogP contribution < -0.4 is 5.73 Å². The highest BCUT2D eigenvalue weighted by Crippen LogP contribution is 2.51. The molecule has 0 aliphatic heterocycles. The van der Waals surface area contributed by atoms with Gasteiger partial charge in [-0.25, -0.2) is 0 Å². The summed E-state index contributed by atoms with van der Waals surface area (Å²) in [6, 6.07) is 0. The number of carbonyl (C=O) groups is 1. The third-order valence-corrected chi connectivity index (χ3v) is 2.23. The molecule has 4 N–H and O–H groups in total. The minimum atomic E-state index is -0.797. The smallest absolute Gasteiger partial charge is 0.226 e. The van der Waals surface area contributed by atoms with Crippen molar-refractivity contribution >= 4 is 5.91 Å². The van der Waals surface area contributed by atoms with Gasteiger partial charge < -0.3 is 15.9 Å². The fourth-order valence-corrected chi connectivity index (χ4v) is 1.19. The molecule has 0 aromatic rings. The normalized spacial score (nSPS) is 37.6. The molecule has 0 unspecified atom stereocenters. The third-order valence-electron chi connectivity index (χ3n) is 2.23. The van der Waals surface area contributed by atoms with Crippen LogP contribution in [0.5, 0.6) is 0 Å². The summed E-state index contributed by atoms with van der Waals surface area (Å²) in [7, 11) is 0. The van der Waals surface area contributed by atoms with Crippen molar-refractivity contribution in [1.82, 2.24) is 0 Å². The van der Waals surface area contributed by atoms with Gasteiger partial charge in [-0.05, 0) is 12.3 Å². The number of primary amides is 1. The lowest BCUT2D eigenvalue weighted by Gasteiger charge is -2.06. The Kier molecular flexibility index (Phi) is 1.66. The number of nitrogens with two attached hydrogens (primary N) is 1. The van der Waals surface area contributed by atoms with E-state index < -0.39 is 11.3 Å².